The molecule has 0 bridgehead atoms. The predicted octanol–water partition coefficient (Wildman–Crippen LogP) is 2.04. The van der Waals surface area contributed by atoms with Gasteiger partial charge in [0.1, 0.15) is 6.04 Å². The molecule has 21 heavy (non-hydrogen) atoms. The number of esters is 1. The molecular formula is C13H13ClN2O4S. The lowest BCUT2D eigenvalue weighted by Gasteiger charge is -2.09. The molecule has 6 nitrogen and oxygen atoms in total. The van der Waals surface area contributed by atoms with Crippen LogP contribution in [0, 0.1) is 0 Å². The van der Waals surface area contributed by atoms with Crippen LogP contribution in [0.1, 0.15) is 6.42 Å². The minimum atomic E-state index is -0.614. The first-order chi connectivity index (χ1) is 10.1. The van der Waals surface area contributed by atoms with Gasteiger partial charge in [-0.2, -0.15) is 0 Å². The van der Waals surface area contributed by atoms with Crippen molar-refractivity contribution < 1.29 is 19.1 Å². The van der Waals surface area contributed by atoms with E-state index in [0.29, 0.717) is 23.7 Å². The van der Waals surface area contributed by atoms with Crippen LogP contribution in [0.2, 0.25) is 5.02 Å². The van der Waals surface area contributed by atoms with Gasteiger partial charge in [0.15, 0.2) is 0 Å². The summed E-state index contributed by atoms with van der Waals surface area (Å²) in [5.74, 6) is -0.861. The molecule has 0 spiro atoms. The van der Waals surface area contributed by atoms with E-state index in [-0.39, 0.29) is 11.7 Å². The second-order valence-electron chi connectivity index (χ2n) is 4.26. The number of amides is 2. The van der Waals surface area contributed by atoms with Gasteiger partial charge in [-0.25, -0.2) is 4.79 Å². The molecule has 112 valence electrons. The number of carbonyl (C=O) groups is 3. The molecule has 2 N–H and O–H groups in total. The van der Waals surface area contributed by atoms with Gasteiger partial charge in [-0.15, -0.1) is 0 Å². The average molecular weight is 329 g/mol. The Balaban J connectivity index is 1.75. The van der Waals surface area contributed by atoms with E-state index in [1.165, 1.54) is 0 Å². The number of hydrogen-bond donors (Lipinski definition) is 2. The second-order valence-corrected chi connectivity index (χ2v) is 5.61. The maximum atomic E-state index is 11.7. The van der Waals surface area contributed by atoms with Crippen LogP contribution in [0.4, 0.5) is 10.5 Å². The van der Waals surface area contributed by atoms with Gasteiger partial charge in [0.25, 0.3) is 5.24 Å². The van der Waals surface area contributed by atoms with Crippen LogP contribution in [0.5, 0.6) is 0 Å². The fourth-order valence-corrected chi connectivity index (χ4v) is 2.43. The Labute approximate surface area is 130 Å². The Morgan fingerprint density at radius 1 is 1.38 bits per heavy atom. The molecule has 0 saturated carbocycles. The number of cyclic esters (lactones) is 1. The molecule has 1 heterocycles. The molecule has 1 aliphatic heterocycles. The topological polar surface area (TPSA) is 84.5 Å². The summed E-state index contributed by atoms with van der Waals surface area (Å²) in [6.45, 7) is 0.307. The van der Waals surface area contributed by atoms with E-state index < -0.39 is 17.3 Å². The van der Waals surface area contributed by atoms with Crippen molar-refractivity contribution in [1.29, 1.82) is 0 Å². The fourth-order valence-electron chi connectivity index (χ4n) is 1.69. The summed E-state index contributed by atoms with van der Waals surface area (Å²) in [6.07, 6.45) is 0.455. The number of benzene rings is 1. The lowest BCUT2D eigenvalue weighted by molar-refractivity contribution is -0.139. The van der Waals surface area contributed by atoms with E-state index in [0.717, 1.165) is 11.8 Å². The van der Waals surface area contributed by atoms with Crippen LogP contribution < -0.4 is 10.6 Å². The van der Waals surface area contributed by atoms with Crippen molar-refractivity contribution in [2.45, 2.75) is 12.5 Å². The Kier molecular flexibility index (Phi) is 5.46. The van der Waals surface area contributed by atoms with Gasteiger partial charge in [-0.05, 0) is 12.1 Å². The van der Waals surface area contributed by atoms with Crippen molar-refractivity contribution in [3.8, 4) is 0 Å². The van der Waals surface area contributed by atoms with Crippen LogP contribution in [0.15, 0.2) is 24.3 Å². The number of halogens is 1. The average Bonchev–Trinajstić information content (AvgIpc) is 2.85. The van der Waals surface area contributed by atoms with Gasteiger partial charge in [0.05, 0.1) is 23.1 Å². The lowest BCUT2D eigenvalue weighted by Crippen LogP contribution is -2.36. The molecule has 0 aliphatic carbocycles. The summed E-state index contributed by atoms with van der Waals surface area (Å²) < 4.78 is 4.73. The monoisotopic (exact) mass is 328 g/mol. The normalized spacial score (nSPS) is 17.2. The molecule has 2 amide bonds. The van der Waals surface area contributed by atoms with Gasteiger partial charge in [0, 0.05) is 6.42 Å². The molecule has 0 unspecified atom stereocenters. The highest BCUT2D eigenvalue weighted by Crippen LogP contribution is 2.20. The number of ether oxygens (including phenoxy) is 1. The van der Waals surface area contributed by atoms with Crippen molar-refractivity contribution >= 4 is 46.2 Å². The molecule has 1 aromatic rings. The van der Waals surface area contributed by atoms with Crippen molar-refractivity contribution in [3.63, 3.8) is 0 Å². The standard InChI is InChI=1S/C13H13ClN2O4S/c14-8-3-1-2-4-9(8)15-11(17)7-21-13(19)16-10-5-6-20-12(10)18/h1-4,10H,5-7H2,(H,15,17)(H,16,19)/t10-/m0/s1. The minimum Gasteiger partial charge on any atom is -0.464 e. The number of hydrogen-bond acceptors (Lipinski definition) is 5. The van der Waals surface area contributed by atoms with E-state index in [4.69, 9.17) is 16.3 Å². The van der Waals surface area contributed by atoms with Crippen LogP contribution in [0.25, 0.3) is 0 Å². The van der Waals surface area contributed by atoms with Gasteiger partial charge in [0.2, 0.25) is 5.91 Å². The van der Waals surface area contributed by atoms with E-state index in [1.807, 2.05) is 0 Å². The highest BCUT2D eigenvalue weighted by Gasteiger charge is 2.28. The van der Waals surface area contributed by atoms with Crippen molar-refractivity contribution in [2.24, 2.45) is 0 Å². The lowest BCUT2D eigenvalue weighted by atomic mass is 10.3. The Morgan fingerprint density at radius 2 is 2.14 bits per heavy atom. The summed E-state index contributed by atoms with van der Waals surface area (Å²) in [4.78, 5) is 34.5. The highest BCUT2D eigenvalue weighted by atomic mass is 35.5. The van der Waals surface area contributed by atoms with E-state index in [1.54, 1.807) is 24.3 Å². The summed E-state index contributed by atoms with van der Waals surface area (Å²) >= 11 is 6.69. The maximum absolute atomic E-state index is 11.7. The van der Waals surface area contributed by atoms with Gasteiger partial charge in [-0.3, -0.25) is 9.59 Å². The van der Waals surface area contributed by atoms with Crippen LogP contribution in [-0.2, 0) is 14.3 Å². The molecule has 0 radical (unpaired) electrons. The van der Waals surface area contributed by atoms with Crippen molar-refractivity contribution in [2.75, 3.05) is 17.7 Å². The number of carbonyl (C=O) groups excluding carboxylic acids is 3. The number of thioether (sulfide) groups is 1. The maximum Gasteiger partial charge on any atom is 0.328 e. The zero-order chi connectivity index (χ0) is 15.2. The summed E-state index contributed by atoms with van der Waals surface area (Å²) in [6, 6.07) is 6.20. The zero-order valence-corrected chi connectivity index (χ0v) is 12.5. The van der Waals surface area contributed by atoms with Gasteiger partial charge in [-0.1, -0.05) is 35.5 Å². The minimum absolute atomic E-state index is 0.0706. The molecule has 8 heteroatoms. The van der Waals surface area contributed by atoms with E-state index in [9.17, 15) is 14.4 Å². The fraction of sp³-hybridized carbons (Fsp3) is 0.308. The second kappa shape index (κ2) is 7.33. The molecule has 1 aromatic carbocycles. The van der Waals surface area contributed by atoms with Crippen molar-refractivity contribution in [3.05, 3.63) is 29.3 Å². The summed E-state index contributed by atoms with van der Waals surface area (Å²) in [5, 5.41) is 5.10. The van der Waals surface area contributed by atoms with Gasteiger partial charge >= 0.3 is 5.97 Å². The third-order valence-corrected chi connectivity index (χ3v) is 3.83. The van der Waals surface area contributed by atoms with Gasteiger partial charge < -0.3 is 15.4 Å². The first-order valence-corrected chi connectivity index (χ1v) is 7.57. The SMILES string of the molecule is O=C(CSC(=O)N[C@H]1CCOC1=O)Nc1ccccc1Cl. The van der Waals surface area contributed by atoms with Crippen LogP contribution in [-0.4, -0.2) is 35.5 Å². The molecule has 2 rings (SSSR count). The molecule has 0 aromatic heterocycles. The van der Waals surface area contributed by atoms with Crippen molar-refractivity contribution in [1.82, 2.24) is 5.32 Å². The largest absolute Gasteiger partial charge is 0.464 e. The molecule has 1 atom stereocenters. The third-order valence-electron chi connectivity index (χ3n) is 2.71. The highest BCUT2D eigenvalue weighted by molar-refractivity contribution is 8.14. The zero-order valence-electron chi connectivity index (χ0n) is 10.9. The number of para-hydroxylation sites is 1. The van der Waals surface area contributed by atoms with E-state index in [2.05, 4.69) is 10.6 Å². The number of nitrogens with one attached hydrogen (secondary N) is 2. The number of anilines is 1. The Hall–Kier alpha value is -1.73. The predicted molar refractivity (Wildman–Crippen MR) is 80.4 cm³/mol. The summed E-state index contributed by atoms with van der Waals surface area (Å²) in [5.41, 5.74) is 0.490. The third kappa shape index (κ3) is 4.64. The Bertz CT molecular complexity index is 567. The molecule has 1 fully saturated rings. The first-order valence-electron chi connectivity index (χ1n) is 6.20. The quantitative estimate of drug-likeness (QED) is 0.826. The number of rotatable bonds is 4. The molecule has 1 aliphatic rings. The Morgan fingerprint density at radius 3 is 2.81 bits per heavy atom. The summed E-state index contributed by atoms with van der Waals surface area (Å²) in [7, 11) is 0. The van der Waals surface area contributed by atoms with E-state index >= 15 is 0 Å². The van der Waals surface area contributed by atoms with Crippen LogP contribution >= 0.6 is 23.4 Å². The molecular weight excluding hydrogens is 316 g/mol. The first kappa shape index (κ1) is 15.7. The smallest absolute Gasteiger partial charge is 0.328 e. The molecule has 1 saturated heterocycles. The van der Waals surface area contributed by atoms with Crippen LogP contribution in [0.3, 0.4) is 0 Å².